The fourth-order valence-corrected chi connectivity index (χ4v) is 3.96. The summed E-state index contributed by atoms with van der Waals surface area (Å²) in [6.07, 6.45) is 1.57. The lowest BCUT2D eigenvalue weighted by molar-refractivity contribution is 0.0954. The number of amides is 2. The van der Waals surface area contributed by atoms with Crippen LogP contribution in [0.3, 0.4) is 0 Å². The highest BCUT2D eigenvalue weighted by molar-refractivity contribution is 7.20. The third-order valence-corrected chi connectivity index (χ3v) is 5.76. The molecule has 0 aliphatic carbocycles. The lowest BCUT2D eigenvalue weighted by atomic mass is 10.2. The molecule has 4 aromatic rings. The molecule has 27 heavy (non-hydrogen) atoms. The zero-order valence-electron chi connectivity index (χ0n) is 13.7. The Hall–Kier alpha value is -2.75. The van der Waals surface area contributed by atoms with E-state index in [1.165, 1.54) is 22.7 Å². The summed E-state index contributed by atoms with van der Waals surface area (Å²) in [5.74, 6) is -0.0844. The Kier molecular flexibility index (Phi) is 4.88. The molecule has 0 radical (unpaired) electrons. The molecule has 1 aromatic carbocycles. The predicted molar refractivity (Wildman–Crippen MR) is 107 cm³/mol. The van der Waals surface area contributed by atoms with Crippen LogP contribution in [0, 0.1) is 0 Å². The minimum Gasteiger partial charge on any atom is -0.347 e. The van der Waals surface area contributed by atoms with Crippen molar-refractivity contribution in [3.05, 3.63) is 62.4 Å². The Balaban J connectivity index is 1.46. The van der Waals surface area contributed by atoms with Crippen molar-refractivity contribution in [2.45, 2.75) is 6.54 Å². The minimum atomic E-state index is -0.324. The molecular formula is C17H12ClN5O2S2. The first-order chi connectivity index (χ1) is 13.1. The molecule has 4 rings (SSSR count). The highest BCUT2D eigenvalue weighted by Gasteiger charge is 2.17. The summed E-state index contributed by atoms with van der Waals surface area (Å²) >= 11 is 8.35. The molecule has 136 valence electrons. The number of halogens is 1. The van der Waals surface area contributed by atoms with Gasteiger partial charge in [-0.05, 0) is 23.8 Å². The van der Waals surface area contributed by atoms with Gasteiger partial charge in [0.1, 0.15) is 10.6 Å². The lowest BCUT2D eigenvalue weighted by Gasteiger charge is -2.03. The van der Waals surface area contributed by atoms with Crippen molar-refractivity contribution in [3.63, 3.8) is 0 Å². The molecular weight excluding hydrogens is 406 g/mol. The number of H-pyrrole nitrogens is 1. The summed E-state index contributed by atoms with van der Waals surface area (Å²) in [5, 5.41) is 15.9. The molecule has 0 atom stereocenters. The number of hydrogen-bond donors (Lipinski definition) is 3. The van der Waals surface area contributed by atoms with E-state index >= 15 is 0 Å². The molecule has 0 saturated carbocycles. The van der Waals surface area contributed by atoms with E-state index in [0.29, 0.717) is 37.5 Å². The van der Waals surface area contributed by atoms with Crippen molar-refractivity contribution in [2.75, 3.05) is 5.32 Å². The van der Waals surface area contributed by atoms with Crippen LogP contribution >= 0.6 is 34.3 Å². The molecule has 0 spiro atoms. The van der Waals surface area contributed by atoms with Gasteiger partial charge in [-0.15, -0.1) is 22.7 Å². The van der Waals surface area contributed by atoms with Gasteiger partial charge in [0.15, 0.2) is 5.01 Å². The normalized spacial score (nSPS) is 10.9. The van der Waals surface area contributed by atoms with E-state index in [1.54, 1.807) is 29.8 Å². The Morgan fingerprint density at radius 3 is 2.74 bits per heavy atom. The van der Waals surface area contributed by atoms with E-state index < -0.39 is 0 Å². The molecule has 0 aliphatic heterocycles. The molecule has 3 aromatic heterocycles. The topological polar surface area (TPSA) is 99.8 Å². The molecule has 7 nitrogen and oxygen atoms in total. The molecule has 0 unspecified atom stereocenters. The van der Waals surface area contributed by atoms with Crippen LogP contribution in [0.1, 0.15) is 25.0 Å². The lowest BCUT2D eigenvalue weighted by Crippen LogP contribution is -2.21. The second-order valence-electron chi connectivity index (χ2n) is 5.53. The molecule has 0 fully saturated rings. The minimum absolute atomic E-state index is 0.204. The Labute approximate surface area is 166 Å². The van der Waals surface area contributed by atoms with Gasteiger partial charge in [0.25, 0.3) is 11.8 Å². The van der Waals surface area contributed by atoms with Crippen LogP contribution in [-0.2, 0) is 6.54 Å². The molecule has 0 bridgehead atoms. The number of anilines is 1. The molecule has 3 N–H and O–H groups in total. The van der Waals surface area contributed by atoms with E-state index in [1.807, 2.05) is 12.1 Å². The number of carbonyl (C=O) groups excluding carboxylic acids is 2. The van der Waals surface area contributed by atoms with Gasteiger partial charge in [0.05, 0.1) is 10.3 Å². The number of carbonyl (C=O) groups is 2. The number of hydrogen-bond acceptors (Lipinski definition) is 6. The number of thiophene rings is 1. The van der Waals surface area contributed by atoms with Crippen molar-refractivity contribution in [1.29, 1.82) is 0 Å². The van der Waals surface area contributed by atoms with Crippen molar-refractivity contribution in [3.8, 4) is 0 Å². The van der Waals surface area contributed by atoms with Crippen LogP contribution in [0.2, 0.25) is 5.02 Å². The Morgan fingerprint density at radius 1 is 1.19 bits per heavy atom. The van der Waals surface area contributed by atoms with Gasteiger partial charge in [-0.3, -0.25) is 14.7 Å². The molecule has 10 heteroatoms. The molecule has 3 heterocycles. The number of fused-ring (bicyclic) bond motifs is 1. The second-order valence-corrected chi connectivity index (χ2v) is 7.89. The Bertz CT molecular complexity index is 1100. The van der Waals surface area contributed by atoms with Crippen molar-refractivity contribution in [2.24, 2.45) is 0 Å². The van der Waals surface area contributed by atoms with Gasteiger partial charge in [-0.25, -0.2) is 4.98 Å². The SMILES string of the molecule is O=C(NCc1ccc(Cl)cc1)c1cc2c(NC(=O)c3nccs3)[nH]nc2s1. The highest BCUT2D eigenvalue weighted by Crippen LogP contribution is 2.29. The first-order valence-corrected chi connectivity index (χ1v) is 9.89. The monoisotopic (exact) mass is 417 g/mol. The number of rotatable bonds is 5. The first kappa shape index (κ1) is 17.7. The number of aromatic amines is 1. The Morgan fingerprint density at radius 2 is 2.00 bits per heavy atom. The summed E-state index contributed by atoms with van der Waals surface area (Å²) in [7, 11) is 0. The number of nitrogens with zero attached hydrogens (tertiary/aromatic N) is 2. The van der Waals surface area contributed by atoms with Gasteiger partial charge in [-0.1, -0.05) is 23.7 Å². The molecule has 0 aliphatic rings. The average molecular weight is 418 g/mol. The standard InChI is InChI=1S/C17H12ClN5O2S2/c18-10-3-1-9(2-4-10)8-20-14(24)12-7-11-13(22-23-16(11)27-12)21-15(25)17-19-5-6-26-17/h1-7H,8H2,(H,20,24)(H2,21,22,23,25). The maximum atomic E-state index is 12.4. The van der Waals surface area contributed by atoms with E-state index in [-0.39, 0.29) is 11.8 Å². The quantitative estimate of drug-likeness (QED) is 0.458. The maximum Gasteiger partial charge on any atom is 0.285 e. The van der Waals surface area contributed by atoms with Crippen LogP contribution in [0.25, 0.3) is 10.2 Å². The summed E-state index contributed by atoms with van der Waals surface area (Å²) < 4.78 is 0. The van der Waals surface area contributed by atoms with Gasteiger partial charge < -0.3 is 10.6 Å². The van der Waals surface area contributed by atoms with Gasteiger partial charge >= 0.3 is 0 Å². The third kappa shape index (κ3) is 3.85. The summed E-state index contributed by atoms with van der Waals surface area (Å²) in [6, 6.07) is 8.98. The maximum absolute atomic E-state index is 12.4. The molecule has 2 amide bonds. The van der Waals surface area contributed by atoms with Crippen LogP contribution in [0.5, 0.6) is 0 Å². The van der Waals surface area contributed by atoms with Gasteiger partial charge in [0.2, 0.25) is 0 Å². The number of thiazole rings is 1. The molecule has 0 saturated heterocycles. The summed E-state index contributed by atoms with van der Waals surface area (Å²) in [5.41, 5.74) is 0.950. The van der Waals surface area contributed by atoms with Crippen LogP contribution in [0.4, 0.5) is 5.82 Å². The summed E-state index contributed by atoms with van der Waals surface area (Å²) in [6.45, 7) is 0.394. The smallest absolute Gasteiger partial charge is 0.285 e. The van der Waals surface area contributed by atoms with Gasteiger partial charge in [-0.2, -0.15) is 5.10 Å². The largest absolute Gasteiger partial charge is 0.347 e. The van der Waals surface area contributed by atoms with E-state index in [2.05, 4.69) is 25.8 Å². The fourth-order valence-electron chi connectivity index (χ4n) is 2.39. The predicted octanol–water partition coefficient (Wildman–Crippen LogP) is 3.92. The van der Waals surface area contributed by atoms with E-state index in [9.17, 15) is 9.59 Å². The van der Waals surface area contributed by atoms with Crippen molar-refractivity contribution < 1.29 is 9.59 Å². The highest BCUT2D eigenvalue weighted by atomic mass is 35.5. The van der Waals surface area contributed by atoms with Crippen molar-refractivity contribution >= 4 is 62.1 Å². The van der Waals surface area contributed by atoms with Crippen LogP contribution in [-0.4, -0.2) is 27.0 Å². The third-order valence-electron chi connectivity index (χ3n) is 3.71. The van der Waals surface area contributed by atoms with E-state index in [4.69, 9.17) is 11.6 Å². The average Bonchev–Trinajstić information content (AvgIpc) is 3.39. The number of benzene rings is 1. The zero-order chi connectivity index (χ0) is 18.8. The summed E-state index contributed by atoms with van der Waals surface area (Å²) in [4.78, 5) is 29.7. The second kappa shape index (κ2) is 7.47. The fraction of sp³-hybridized carbons (Fsp3) is 0.0588. The van der Waals surface area contributed by atoms with Crippen LogP contribution < -0.4 is 10.6 Å². The van der Waals surface area contributed by atoms with Crippen molar-refractivity contribution in [1.82, 2.24) is 20.5 Å². The van der Waals surface area contributed by atoms with Gasteiger partial charge in [0, 0.05) is 23.1 Å². The number of nitrogens with one attached hydrogen (secondary N) is 3. The zero-order valence-corrected chi connectivity index (χ0v) is 16.0. The number of aromatic nitrogens is 3. The van der Waals surface area contributed by atoms with Crippen LogP contribution in [0.15, 0.2) is 41.9 Å². The van der Waals surface area contributed by atoms with E-state index in [0.717, 1.165) is 5.56 Å². The first-order valence-electron chi connectivity index (χ1n) is 7.81.